The molecule has 0 aliphatic rings. The molecule has 0 saturated heterocycles. The Hall–Kier alpha value is -0.190. The van der Waals surface area contributed by atoms with Gasteiger partial charge in [0.1, 0.15) is 5.82 Å². The molecular formula is C13H11Br2FS. The number of alkyl halides is 1. The van der Waals surface area contributed by atoms with Gasteiger partial charge in [-0.25, -0.2) is 4.39 Å². The Bertz CT molecular complexity index is 548. The molecule has 4 heteroatoms. The Kier molecular flexibility index (Phi) is 4.06. The predicted molar refractivity (Wildman–Crippen MR) is 78.7 cm³/mol. The van der Waals surface area contributed by atoms with E-state index in [1.54, 1.807) is 11.3 Å². The maximum absolute atomic E-state index is 13.2. The largest absolute Gasteiger partial charge is 0.206 e. The minimum absolute atomic E-state index is 0.115. The van der Waals surface area contributed by atoms with Crippen molar-refractivity contribution in [3.8, 4) is 0 Å². The van der Waals surface area contributed by atoms with E-state index in [0.717, 1.165) is 5.56 Å². The third-order valence-electron chi connectivity index (χ3n) is 2.59. The summed E-state index contributed by atoms with van der Waals surface area (Å²) in [6, 6.07) is 7.30. The first-order valence-electron chi connectivity index (χ1n) is 5.15. The van der Waals surface area contributed by atoms with Crippen LogP contribution in [0.25, 0.3) is 0 Å². The highest BCUT2D eigenvalue weighted by molar-refractivity contribution is 9.10. The standard InChI is InChI=1S/C13H11Br2FS/c1-7-5-10(8(2)17-7)13(15)9-3-4-12(16)11(14)6-9/h3-6,13H,1-2H3. The van der Waals surface area contributed by atoms with Gasteiger partial charge in [0.25, 0.3) is 0 Å². The summed E-state index contributed by atoms with van der Waals surface area (Å²) in [7, 11) is 0. The van der Waals surface area contributed by atoms with E-state index in [9.17, 15) is 4.39 Å². The lowest BCUT2D eigenvalue weighted by Crippen LogP contribution is -1.93. The molecule has 90 valence electrons. The van der Waals surface area contributed by atoms with Gasteiger partial charge in [0.15, 0.2) is 0 Å². The van der Waals surface area contributed by atoms with Gasteiger partial charge in [-0.2, -0.15) is 0 Å². The van der Waals surface area contributed by atoms with Gasteiger partial charge in [-0.15, -0.1) is 11.3 Å². The fourth-order valence-corrected chi connectivity index (χ4v) is 4.02. The van der Waals surface area contributed by atoms with Gasteiger partial charge < -0.3 is 0 Å². The molecule has 1 aromatic heterocycles. The molecule has 2 rings (SSSR count). The number of rotatable bonds is 2. The minimum atomic E-state index is -0.230. The van der Waals surface area contributed by atoms with Crippen molar-refractivity contribution in [3.63, 3.8) is 0 Å². The van der Waals surface area contributed by atoms with Gasteiger partial charge in [-0.05, 0) is 59.1 Å². The van der Waals surface area contributed by atoms with Gasteiger partial charge >= 0.3 is 0 Å². The summed E-state index contributed by atoms with van der Waals surface area (Å²) in [6.07, 6.45) is 0. The summed E-state index contributed by atoms with van der Waals surface area (Å²) >= 11 is 8.68. The van der Waals surface area contributed by atoms with E-state index in [0.29, 0.717) is 4.47 Å². The molecule has 0 radical (unpaired) electrons. The summed E-state index contributed by atoms with van der Waals surface area (Å²) in [5.41, 5.74) is 2.31. The summed E-state index contributed by atoms with van der Waals surface area (Å²) in [6.45, 7) is 4.21. The predicted octanol–water partition coefficient (Wildman–Crippen LogP) is 5.75. The molecule has 0 N–H and O–H groups in total. The van der Waals surface area contributed by atoms with Crippen LogP contribution in [0.5, 0.6) is 0 Å². The van der Waals surface area contributed by atoms with Crippen LogP contribution in [0.15, 0.2) is 28.7 Å². The van der Waals surface area contributed by atoms with Crippen LogP contribution in [-0.4, -0.2) is 0 Å². The van der Waals surface area contributed by atoms with E-state index in [-0.39, 0.29) is 10.6 Å². The Balaban J connectivity index is 2.40. The number of halogens is 3. The highest BCUT2D eigenvalue weighted by Gasteiger charge is 2.16. The van der Waals surface area contributed by atoms with Crippen molar-refractivity contribution < 1.29 is 4.39 Å². The molecule has 1 aromatic carbocycles. The first-order valence-corrected chi connectivity index (χ1v) is 7.67. The van der Waals surface area contributed by atoms with Gasteiger partial charge in [-0.1, -0.05) is 22.0 Å². The molecule has 0 spiro atoms. The zero-order chi connectivity index (χ0) is 12.6. The second kappa shape index (κ2) is 5.21. The van der Waals surface area contributed by atoms with Crippen molar-refractivity contribution in [1.82, 2.24) is 0 Å². The van der Waals surface area contributed by atoms with Crippen molar-refractivity contribution in [2.45, 2.75) is 18.7 Å². The van der Waals surface area contributed by atoms with Crippen LogP contribution in [-0.2, 0) is 0 Å². The Morgan fingerprint density at radius 3 is 2.47 bits per heavy atom. The van der Waals surface area contributed by atoms with Crippen LogP contribution in [0, 0.1) is 19.7 Å². The fourth-order valence-electron chi connectivity index (χ4n) is 1.75. The van der Waals surface area contributed by atoms with Gasteiger partial charge in [0, 0.05) is 9.75 Å². The van der Waals surface area contributed by atoms with Crippen LogP contribution < -0.4 is 0 Å². The van der Waals surface area contributed by atoms with Crippen molar-refractivity contribution in [2.75, 3.05) is 0 Å². The lowest BCUT2D eigenvalue weighted by atomic mass is 10.1. The monoisotopic (exact) mass is 376 g/mol. The van der Waals surface area contributed by atoms with Crippen LogP contribution in [0.4, 0.5) is 4.39 Å². The van der Waals surface area contributed by atoms with Crippen LogP contribution >= 0.6 is 43.2 Å². The molecule has 0 amide bonds. The fraction of sp³-hybridized carbons (Fsp3) is 0.231. The summed E-state index contributed by atoms with van der Waals surface area (Å²) < 4.78 is 13.7. The lowest BCUT2D eigenvalue weighted by molar-refractivity contribution is 0.620. The number of hydrogen-bond acceptors (Lipinski definition) is 1. The molecule has 0 aliphatic heterocycles. The minimum Gasteiger partial charge on any atom is -0.206 e. The molecule has 0 aliphatic carbocycles. The van der Waals surface area contributed by atoms with Crippen molar-refractivity contribution in [2.24, 2.45) is 0 Å². The molecule has 0 fully saturated rings. The number of hydrogen-bond donors (Lipinski definition) is 0. The number of aryl methyl sites for hydroxylation is 2. The summed E-state index contributed by atoms with van der Waals surface area (Å²) in [5.74, 6) is -0.230. The molecule has 1 atom stereocenters. The molecule has 0 saturated carbocycles. The van der Waals surface area contributed by atoms with Gasteiger partial charge in [-0.3, -0.25) is 0 Å². The quantitative estimate of drug-likeness (QED) is 0.584. The van der Waals surface area contributed by atoms with Gasteiger partial charge in [0.05, 0.1) is 9.30 Å². The third-order valence-corrected chi connectivity index (χ3v) is 5.20. The maximum atomic E-state index is 13.2. The maximum Gasteiger partial charge on any atom is 0.137 e. The Morgan fingerprint density at radius 2 is 1.94 bits per heavy atom. The zero-order valence-corrected chi connectivity index (χ0v) is 13.4. The molecule has 0 nitrogen and oxygen atoms in total. The average molecular weight is 378 g/mol. The second-order valence-corrected chi connectivity index (χ2v) is 7.14. The number of benzene rings is 1. The third kappa shape index (κ3) is 2.80. The first-order chi connectivity index (χ1) is 7.99. The molecule has 2 aromatic rings. The van der Waals surface area contributed by atoms with E-state index >= 15 is 0 Å². The normalized spacial score (nSPS) is 12.8. The topological polar surface area (TPSA) is 0 Å². The van der Waals surface area contributed by atoms with Crippen molar-refractivity contribution in [1.29, 1.82) is 0 Å². The summed E-state index contributed by atoms with van der Waals surface area (Å²) in [5, 5.41) is 0. The lowest BCUT2D eigenvalue weighted by Gasteiger charge is -2.10. The smallest absolute Gasteiger partial charge is 0.137 e. The second-order valence-electron chi connectivity index (χ2n) is 3.90. The SMILES string of the molecule is Cc1cc(C(Br)c2ccc(F)c(Br)c2)c(C)s1. The highest BCUT2D eigenvalue weighted by atomic mass is 79.9. The zero-order valence-electron chi connectivity index (χ0n) is 9.43. The molecule has 1 unspecified atom stereocenters. The molecular weight excluding hydrogens is 367 g/mol. The van der Waals surface area contributed by atoms with Crippen LogP contribution in [0.3, 0.4) is 0 Å². The van der Waals surface area contributed by atoms with E-state index in [4.69, 9.17) is 0 Å². The molecule has 1 heterocycles. The van der Waals surface area contributed by atoms with E-state index in [1.807, 2.05) is 12.1 Å². The number of thiophene rings is 1. The Morgan fingerprint density at radius 1 is 1.24 bits per heavy atom. The molecule has 17 heavy (non-hydrogen) atoms. The molecule has 0 bridgehead atoms. The van der Waals surface area contributed by atoms with Crippen LogP contribution in [0.2, 0.25) is 0 Å². The van der Waals surface area contributed by atoms with Crippen LogP contribution in [0.1, 0.15) is 25.7 Å². The first kappa shape index (κ1) is 13.2. The summed E-state index contributed by atoms with van der Waals surface area (Å²) in [4.78, 5) is 2.71. The average Bonchev–Trinajstić information content (AvgIpc) is 2.61. The highest BCUT2D eigenvalue weighted by Crippen LogP contribution is 2.37. The van der Waals surface area contributed by atoms with E-state index in [2.05, 4.69) is 51.8 Å². The Labute approximate surface area is 121 Å². The van der Waals surface area contributed by atoms with Crippen molar-refractivity contribution in [3.05, 3.63) is 55.4 Å². The van der Waals surface area contributed by atoms with Crippen molar-refractivity contribution >= 4 is 43.2 Å². The van der Waals surface area contributed by atoms with E-state index < -0.39 is 0 Å². The van der Waals surface area contributed by atoms with Gasteiger partial charge in [0.2, 0.25) is 0 Å². The van der Waals surface area contributed by atoms with E-state index in [1.165, 1.54) is 21.4 Å².